The van der Waals surface area contributed by atoms with Gasteiger partial charge < -0.3 is 10.1 Å². The molecule has 0 aromatic heterocycles. The van der Waals surface area contributed by atoms with Crippen molar-refractivity contribution in [2.24, 2.45) is 0 Å². The fourth-order valence-corrected chi connectivity index (χ4v) is 3.80. The number of nitrogens with zero attached hydrogens (tertiary/aromatic N) is 1. The highest BCUT2D eigenvalue weighted by Gasteiger charge is 2.28. The lowest BCUT2D eigenvalue weighted by molar-refractivity contribution is -0.385. The molecule has 0 radical (unpaired) electrons. The zero-order chi connectivity index (χ0) is 17.9. The van der Waals surface area contributed by atoms with Crippen LogP contribution in [0.15, 0.2) is 17.0 Å². The van der Waals surface area contributed by atoms with Gasteiger partial charge in [-0.25, -0.2) is 17.9 Å². The molecule has 25 heavy (non-hydrogen) atoms. The van der Waals surface area contributed by atoms with Gasteiger partial charge in [-0.2, -0.15) is 0 Å². The Morgan fingerprint density at radius 2 is 2.16 bits per heavy atom. The molecule has 1 fully saturated rings. The fourth-order valence-electron chi connectivity index (χ4n) is 2.48. The standard InChI is InChI=1S/C14H19N3O6S.ClH/c1-3-23-14(18)12-6-11(7-13(9(12)2)17(19)20)24(21,22)16-10-4-5-15-8-10;/h6-7,10,15-16H,3-5,8H2,1-2H3;1H. The molecule has 9 nitrogen and oxygen atoms in total. The number of halogens is 1. The van der Waals surface area contributed by atoms with Gasteiger partial charge in [-0.3, -0.25) is 10.1 Å². The molecule has 1 aliphatic rings. The molecule has 0 bridgehead atoms. The molecule has 140 valence electrons. The van der Waals surface area contributed by atoms with Gasteiger partial charge in [0.15, 0.2) is 0 Å². The van der Waals surface area contributed by atoms with Crippen LogP contribution >= 0.6 is 12.4 Å². The number of ether oxygens (including phenoxy) is 1. The van der Waals surface area contributed by atoms with E-state index in [-0.39, 0.29) is 41.1 Å². The first kappa shape index (κ1) is 21.3. The fraction of sp³-hybridized carbons (Fsp3) is 0.500. The molecule has 1 aromatic carbocycles. The average Bonchev–Trinajstić information content (AvgIpc) is 2.99. The maximum absolute atomic E-state index is 12.5. The van der Waals surface area contributed by atoms with Gasteiger partial charge in [0.25, 0.3) is 5.69 Å². The maximum atomic E-state index is 12.5. The molecule has 1 heterocycles. The van der Waals surface area contributed by atoms with Gasteiger partial charge in [-0.15, -0.1) is 12.4 Å². The molecule has 11 heteroatoms. The third-order valence-corrected chi connectivity index (χ3v) is 5.24. The van der Waals surface area contributed by atoms with Crippen molar-refractivity contribution >= 4 is 34.1 Å². The lowest BCUT2D eigenvalue weighted by Gasteiger charge is -2.14. The number of rotatable bonds is 6. The van der Waals surface area contributed by atoms with Gasteiger partial charge in [0.1, 0.15) is 0 Å². The smallest absolute Gasteiger partial charge is 0.338 e. The number of nitro benzene ring substituents is 1. The van der Waals surface area contributed by atoms with E-state index >= 15 is 0 Å². The molecule has 2 rings (SSSR count). The summed E-state index contributed by atoms with van der Waals surface area (Å²) in [7, 11) is -3.99. The number of nitrogens with one attached hydrogen (secondary N) is 2. The second kappa shape index (κ2) is 8.56. The molecule has 0 spiro atoms. The second-order valence-corrected chi connectivity index (χ2v) is 7.12. The number of hydrogen-bond donors (Lipinski definition) is 2. The van der Waals surface area contributed by atoms with Crippen LogP contribution in [0.2, 0.25) is 0 Å². The van der Waals surface area contributed by atoms with Crippen molar-refractivity contribution in [2.75, 3.05) is 19.7 Å². The number of benzene rings is 1. The summed E-state index contributed by atoms with van der Waals surface area (Å²) in [6, 6.07) is 1.79. The molecular formula is C14H20ClN3O6S. The highest BCUT2D eigenvalue weighted by molar-refractivity contribution is 7.89. The Hall–Kier alpha value is -1.75. The zero-order valence-corrected chi connectivity index (χ0v) is 15.4. The van der Waals surface area contributed by atoms with Gasteiger partial charge in [-0.05, 0) is 32.9 Å². The molecule has 1 atom stereocenters. The quantitative estimate of drug-likeness (QED) is 0.421. The van der Waals surface area contributed by atoms with E-state index < -0.39 is 26.6 Å². The van der Waals surface area contributed by atoms with E-state index in [1.54, 1.807) is 6.92 Å². The van der Waals surface area contributed by atoms with Crippen LogP contribution in [0.5, 0.6) is 0 Å². The molecule has 2 N–H and O–H groups in total. The first-order valence-electron chi connectivity index (χ1n) is 7.45. The average molecular weight is 394 g/mol. The van der Waals surface area contributed by atoms with Crippen molar-refractivity contribution in [3.63, 3.8) is 0 Å². The number of nitro groups is 1. The minimum Gasteiger partial charge on any atom is -0.462 e. The number of hydrogen-bond acceptors (Lipinski definition) is 7. The van der Waals surface area contributed by atoms with Gasteiger partial charge in [-0.1, -0.05) is 0 Å². The lowest BCUT2D eigenvalue weighted by atomic mass is 10.1. The Balaban J connectivity index is 0.00000312. The van der Waals surface area contributed by atoms with E-state index in [0.717, 1.165) is 12.1 Å². The van der Waals surface area contributed by atoms with E-state index in [1.165, 1.54) is 6.92 Å². The summed E-state index contributed by atoms with van der Waals surface area (Å²) < 4.78 is 32.3. The molecule has 1 aliphatic heterocycles. The van der Waals surface area contributed by atoms with Crippen molar-refractivity contribution in [1.29, 1.82) is 0 Å². The normalized spacial score (nSPS) is 17.0. The number of carbonyl (C=O) groups is 1. The van der Waals surface area contributed by atoms with Gasteiger partial charge >= 0.3 is 5.97 Å². The predicted molar refractivity (Wildman–Crippen MR) is 92.6 cm³/mol. The van der Waals surface area contributed by atoms with Crippen LogP contribution in [0.4, 0.5) is 5.69 Å². The van der Waals surface area contributed by atoms with Gasteiger partial charge in [0, 0.05) is 24.2 Å². The van der Waals surface area contributed by atoms with Crippen molar-refractivity contribution in [3.8, 4) is 0 Å². The van der Waals surface area contributed by atoms with Crippen LogP contribution in [-0.4, -0.2) is 45.0 Å². The Kier molecular flexibility index (Phi) is 7.29. The SMILES string of the molecule is CCOC(=O)c1cc(S(=O)(=O)NC2CCNC2)cc([N+](=O)[O-])c1C.Cl. The van der Waals surface area contributed by atoms with Gasteiger partial charge in [0.05, 0.1) is 22.0 Å². The maximum Gasteiger partial charge on any atom is 0.338 e. The third-order valence-electron chi connectivity index (χ3n) is 3.74. The highest BCUT2D eigenvalue weighted by atomic mass is 35.5. The summed E-state index contributed by atoms with van der Waals surface area (Å²) in [5.41, 5.74) is -0.499. The highest BCUT2D eigenvalue weighted by Crippen LogP contribution is 2.27. The minimum atomic E-state index is -3.99. The van der Waals surface area contributed by atoms with E-state index in [0.29, 0.717) is 19.5 Å². The van der Waals surface area contributed by atoms with E-state index in [1.807, 2.05) is 0 Å². The second-order valence-electron chi connectivity index (χ2n) is 5.40. The minimum absolute atomic E-state index is 0. The van der Waals surface area contributed by atoms with Gasteiger partial charge in [0.2, 0.25) is 10.0 Å². The number of sulfonamides is 1. The first-order chi connectivity index (χ1) is 11.3. The van der Waals surface area contributed by atoms with E-state index in [4.69, 9.17) is 4.74 Å². The lowest BCUT2D eigenvalue weighted by Crippen LogP contribution is -2.36. The zero-order valence-electron chi connectivity index (χ0n) is 13.8. The number of carbonyl (C=O) groups excluding carboxylic acids is 1. The summed E-state index contributed by atoms with van der Waals surface area (Å²) in [6.07, 6.45) is 0.623. The van der Waals surface area contributed by atoms with Crippen LogP contribution in [0.1, 0.15) is 29.3 Å². The molecule has 0 aliphatic carbocycles. The van der Waals surface area contributed by atoms with Crippen molar-refractivity contribution in [3.05, 3.63) is 33.4 Å². The van der Waals surface area contributed by atoms with E-state index in [9.17, 15) is 23.3 Å². The Morgan fingerprint density at radius 3 is 2.68 bits per heavy atom. The summed E-state index contributed by atoms with van der Waals surface area (Å²) >= 11 is 0. The molecule has 0 amide bonds. The van der Waals surface area contributed by atoms with Crippen molar-refractivity contribution < 1.29 is 22.9 Å². The van der Waals surface area contributed by atoms with Crippen LogP contribution in [0.3, 0.4) is 0 Å². The third kappa shape index (κ3) is 4.88. The topological polar surface area (TPSA) is 128 Å². The molecular weight excluding hydrogens is 374 g/mol. The van der Waals surface area contributed by atoms with Crippen molar-refractivity contribution in [2.45, 2.75) is 31.2 Å². The van der Waals surface area contributed by atoms with Crippen LogP contribution in [0, 0.1) is 17.0 Å². The molecule has 1 aromatic rings. The summed E-state index contributed by atoms with van der Waals surface area (Å²) in [6.45, 7) is 4.23. The molecule has 0 saturated carbocycles. The summed E-state index contributed by atoms with van der Waals surface area (Å²) in [5, 5.41) is 14.2. The molecule has 1 saturated heterocycles. The Bertz CT molecular complexity index is 762. The van der Waals surface area contributed by atoms with E-state index in [2.05, 4.69) is 10.0 Å². The Labute approximate surface area is 151 Å². The number of esters is 1. The summed E-state index contributed by atoms with van der Waals surface area (Å²) in [4.78, 5) is 22.2. The molecule has 1 unspecified atom stereocenters. The van der Waals surface area contributed by atoms with Crippen LogP contribution < -0.4 is 10.0 Å². The van der Waals surface area contributed by atoms with Crippen molar-refractivity contribution in [1.82, 2.24) is 10.0 Å². The largest absolute Gasteiger partial charge is 0.462 e. The van der Waals surface area contributed by atoms with Crippen LogP contribution in [-0.2, 0) is 14.8 Å². The monoisotopic (exact) mass is 393 g/mol. The summed E-state index contributed by atoms with van der Waals surface area (Å²) in [5.74, 6) is -0.794. The Morgan fingerprint density at radius 1 is 1.48 bits per heavy atom. The first-order valence-corrected chi connectivity index (χ1v) is 8.93. The van der Waals surface area contributed by atoms with Crippen LogP contribution in [0.25, 0.3) is 0 Å². The predicted octanol–water partition coefficient (Wildman–Crippen LogP) is 1.14.